The summed E-state index contributed by atoms with van der Waals surface area (Å²) >= 11 is 1.58. The fourth-order valence-electron chi connectivity index (χ4n) is 3.37. The first-order valence-electron chi connectivity index (χ1n) is 10.6. The molecule has 0 radical (unpaired) electrons. The maximum atomic E-state index is 12.6. The van der Waals surface area contributed by atoms with Crippen molar-refractivity contribution in [2.24, 2.45) is 0 Å². The highest BCUT2D eigenvalue weighted by molar-refractivity contribution is 7.98. The highest BCUT2D eigenvalue weighted by Gasteiger charge is 2.17. The van der Waals surface area contributed by atoms with Crippen molar-refractivity contribution in [1.29, 1.82) is 0 Å². The van der Waals surface area contributed by atoms with Crippen molar-refractivity contribution in [3.8, 4) is 17.2 Å². The molecular formula is C25H24N4O5S. The number of rotatable bonds is 8. The van der Waals surface area contributed by atoms with Crippen LogP contribution in [0.4, 0.5) is 0 Å². The first-order chi connectivity index (χ1) is 17.0. The average Bonchev–Trinajstić information content (AvgIpc) is 3.32. The summed E-state index contributed by atoms with van der Waals surface area (Å²) in [6, 6.07) is 18.0. The first-order valence-corrected chi connectivity index (χ1v) is 11.6. The summed E-state index contributed by atoms with van der Waals surface area (Å²) in [6.45, 7) is 0. The Bertz CT molecular complexity index is 1300. The van der Waals surface area contributed by atoms with Crippen LogP contribution < -0.4 is 25.1 Å². The topological polar surface area (TPSA) is 115 Å². The van der Waals surface area contributed by atoms with Gasteiger partial charge in [-0.05, 0) is 42.0 Å². The zero-order valence-electron chi connectivity index (χ0n) is 19.4. The first kappa shape index (κ1) is 24.0. The van der Waals surface area contributed by atoms with Gasteiger partial charge in [-0.15, -0.1) is 0 Å². The Morgan fingerprint density at radius 1 is 0.857 bits per heavy atom. The van der Waals surface area contributed by atoms with Crippen LogP contribution in [0.15, 0.2) is 65.8 Å². The van der Waals surface area contributed by atoms with E-state index in [1.54, 1.807) is 23.9 Å². The zero-order chi connectivity index (χ0) is 24.8. The summed E-state index contributed by atoms with van der Waals surface area (Å²) < 4.78 is 15.8. The lowest BCUT2D eigenvalue weighted by Crippen LogP contribution is -2.41. The molecule has 4 rings (SSSR count). The third kappa shape index (κ3) is 5.49. The van der Waals surface area contributed by atoms with Gasteiger partial charge in [-0.25, -0.2) is 4.98 Å². The van der Waals surface area contributed by atoms with Crippen molar-refractivity contribution in [2.45, 2.75) is 10.9 Å². The van der Waals surface area contributed by atoms with E-state index < -0.39 is 11.8 Å². The van der Waals surface area contributed by atoms with Crippen LogP contribution in [-0.2, 0) is 5.75 Å². The normalized spacial score (nSPS) is 10.6. The molecule has 0 spiro atoms. The predicted molar refractivity (Wildman–Crippen MR) is 133 cm³/mol. The largest absolute Gasteiger partial charge is 0.493 e. The highest BCUT2D eigenvalue weighted by atomic mass is 32.2. The molecule has 0 saturated carbocycles. The van der Waals surface area contributed by atoms with E-state index >= 15 is 0 Å². The van der Waals surface area contributed by atoms with Crippen LogP contribution in [0.25, 0.3) is 11.0 Å². The molecule has 4 aromatic rings. The lowest BCUT2D eigenvalue weighted by molar-refractivity contribution is 0.0846. The quantitative estimate of drug-likeness (QED) is 0.252. The number of carbonyl (C=O) groups is 2. The molecule has 180 valence electrons. The van der Waals surface area contributed by atoms with Gasteiger partial charge in [0.2, 0.25) is 5.75 Å². The van der Waals surface area contributed by atoms with E-state index in [1.165, 1.54) is 33.5 Å². The average molecular weight is 493 g/mol. The van der Waals surface area contributed by atoms with E-state index in [-0.39, 0.29) is 5.56 Å². The molecule has 0 bridgehead atoms. The maximum Gasteiger partial charge on any atom is 0.269 e. The zero-order valence-corrected chi connectivity index (χ0v) is 20.2. The molecule has 9 nitrogen and oxygen atoms in total. The van der Waals surface area contributed by atoms with Crippen molar-refractivity contribution in [3.05, 3.63) is 77.4 Å². The van der Waals surface area contributed by atoms with Crippen molar-refractivity contribution < 1.29 is 23.8 Å². The number of hydrogen-bond acceptors (Lipinski definition) is 7. The van der Waals surface area contributed by atoms with Gasteiger partial charge in [0.15, 0.2) is 16.7 Å². The number of imidazole rings is 1. The van der Waals surface area contributed by atoms with E-state index in [0.717, 1.165) is 21.8 Å². The van der Waals surface area contributed by atoms with Gasteiger partial charge in [0.05, 0.1) is 32.4 Å². The third-order valence-corrected chi connectivity index (χ3v) is 6.12. The summed E-state index contributed by atoms with van der Waals surface area (Å²) in [7, 11) is 4.39. The SMILES string of the molecule is COc1cc(C(=O)NNC(=O)c2ccc(CSc3nc4ccccc4[nH]3)cc2)cc(OC)c1OC. The Kier molecular flexibility index (Phi) is 7.41. The lowest BCUT2D eigenvalue weighted by atomic mass is 10.1. The molecule has 1 aromatic heterocycles. The van der Waals surface area contributed by atoms with Crippen molar-refractivity contribution in [3.63, 3.8) is 0 Å². The van der Waals surface area contributed by atoms with Crippen LogP contribution in [0.5, 0.6) is 17.2 Å². The maximum absolute atomic E-state index is 12.6. The smallest absolute Gasteiger partial charge is 0.269 e. The Hall–Kier alpha value is -4.18. The number of benzene rings is 3. The van der Waals surface area contributed by atoms with Gasteiger partial charge in [-0.2, -0.15) is 0 Å². The summed E-state index contributed by atoms with van der Waals surface area (Å²) in [6.07, 6.45) is 0. The Morgan fingerprint density at radius 3 is 2.09 bits per heavy atom. The third-order valence-electron chi connectivity index (χ3n) is 5.18. The minimum atomic E-state index is -0.531. The van der Waals surface area contributed by atoms with E-state index in [4.69, 9.17) is 14.2 Å². The van der Waals surface area contributed by atoms with Crippen molar-refractivity contribution in [2.75, 3.05) is 21.3 Å². The molecule has 2 amide bonds. The van der Waals surface area contributed by atoms with Crippen LogP contribution >= 0.6 is 11.8 Å². The van der Waals surface area contributed by atoms with Gasteiger partial charge in [-0.1, -0.05) is 36.0 Å². The highest BCUT2D eigenvalue weighted by Crippen LogP contribution is 2.38. The minimum Gasteiger partial charge on any atom is -0.493 e. The summed E-state index contributed by atoms with van der Waals surface area (Å²) in [5, 5.41) is 0.836. The van der Waals surface area contributed by atoms with Gasteiger partial charge < -0.3 is 19.2 Å². The van der Waals surface area contributed by atoms with E-state index in [0.29, 0.717) is 28.6 Å². The van der Waals surface area contributed by atoms with Crippen molar-refractivity contribution >= 4 is 34.6 Å². The molecule has 35 heavy (non-hydrogen) atoms. The fourth-order valence-corrected chi connectivity index (χ4v) is 4.21. The predicted octanol–water partition coefficient (Wildman–Crippen LogP) is 3.96. The van der Waals surface area contributed by atoms with E-state index in [2.05, 4.69) is 20.8 Å². The Morgan fingerprint density at radius 2 is 1.49 bits per heavy atom. The number of H-pyrrole nitrogens is 1. The van der Waals surface area contributed by atoms with Crippen LogP contribution in [0.2, 0.25) is 0 Å². The number of aromatic nitrogens is 2. The molecule has 0 unspecified atom stereocenters. The van der Waals surface area contributed by atoms with Gasteiger partial charge in [0.25, 0.3) is 11.8 Å². The number of hydrazine groups is 1. The number of amides is 2. The summed E-state index contributed by atoms with van der Waals surface area (Å²) in [5.74, 6) is 0.756. The molecule has 0 aliphatic heterocycles. The molecule has 10 heteroatoms. The standard InChI is InChI=1S/C25H24N4O5S/c1-32-20-12-17(13-21(33-2)22(20)34-3)24(31)29-28-23(30)16-10-8-15(9-11-16)14-35-25-26-18-6-4-5-7-19(18)27-25/h4-13H,14H2,1-3H3,(H,26,27)(H,28,30)(H,29,31). The number of fused-ring (bicyclic) bond motifs is 1. The van der Waals surface area contributed by atoms with Crippen LogP contribution in [-0.4, -0.2) is 43.1 Å². The number of ether oxygens (including phenoxy) is 3. The Balaban J connectivity index is 1.34. The number of nitrogens with zero attached hydrogens (tertiary/aromatic N) is 1. The minimum absolute atomic E-state index is 0.234. The second kappa shape index (κ2) is 10.8. The van der Waals surface area contributed by atoms with Crippen LogP contribution in [0, 0.1) is 0 Å². The number of methoxy groups -OCH3 is 3. The Labute approximate surface area is 206 Å². The number of nitrogens with one attached hydrogen (secondary N) is 3. The molecule has 0 fully saturated rings. The second-order valence-corrected chi connectivity index (χ2v) is 8.33. The van der Waals surface area contributed by atoms with Crippen LogP contribution in [0.3, 0.4) is 0 Å². The fraction of sp³-hybridized carbons (Fsp3) is 0.160. The van der Waals surface area contributed by atoms with Crippen LogP contribution in [0.1, 0.15) is 26.3 Å². The lowest BCUT2D eigenvalue weighted by Gasteiger charge is -2.14. The number of hydrogen-bond donors (Lipinski definition) is 3. The number of aromatic amines is 1. The summed E-state index contributed by atoms with van der Waals surface area (Å²) in [5.41, 5.74) is 8.43. The monoisotopic (exact) mass is 492 g/mol. The number of carbonyl (C=O) groups excluding carboxylic acids is 2. The van der Waals surface area contributed by atoms with E-state index in [9.17, 15) is 9.59 Å². The molecule has 0 atom stereocenters. The molecular weight excluding hydrogens is 468 g/mol. The van der Waals surface area contributed by atoms with Gasteiger partial charge >= 0.3 is 0 Å². The number of para-hydroxylation sites is 2. The molecule has 0 aliphatic carbocycles. The summed E-state index contributed by atoms with van der Waals surface area (Å²) in [4.78, 5) is 32.9. The van der Waals surface area contributed by atoms with Gasteiger partial charge in [0, 0.05) is 16.9 Å². The van der Waals surface area contributed by atoms with Gasteiger partial charge in [0.1, 0.15) is 0 Å². The molecule has 1 heterocycles. The second-order valence-electron chi connectivity index (χ2n) is 7.37. The molecule has 3 N–H and O–H groups in total. The van der Waals surface area contributed by atoms with Gasteiger partial charge in [-0.3, -0.25) is 20.4 Å². The van der Waals surface area contributed by atoms with Crippen molar-refractivity contribution in [1.82, 2.24) is 20.8 Å². The molecule has 0 aliphatic rings. The number of thioether (sulfide) groups is 1. The van der Waals surface area contributed by atoms with E-state index in [1.807, 2.05) is 36.4 Å². The molecule has 3 aromatic carbocycles. The molecule has 0 saturated heterocycles.